The van der Waals surface area contributed by atoms with Gasteiger partial charge in [0.2, 0.25) is 0 Å². The Balaban J connectivity index is 1.45. The Labute approximate surface area is 285 Å². The first-order chi connectivity index (χ1) is 22.1. The molecule has 4 aromatic rings. The number of rotatable bonds is 11. The van der Waals surface area contributed by atoms with E-state index >= 15 is 0 Å². The monoisotopic (exact) mass is 694 g/mol. The highest BCUT2D eigenvalue weighted by Crippen LogP contribution is 2.18. The minimum atomic E-state index is -0.617. The van der Waals surface area contributed by atoms with Crippen LogP contribution in [0.1, 0.15) is 31.8 Å². The quantitative estimate of drug-likeness (QED) is 0.102. The molecular weight excluding hydrogens is 670 g/mol. The highest BCUT2D eigenvalue weighted by atomic mass is 35.5. The molecule has 0 aliphatic heterocycles. The third-order valence-electron chi connectivity index (χ3n) is 6.28. The van der Waals surface area contributed by atoms with E-state index in [1.165, 1.54) is 24.3 Å². The summed E-state index contributed by atoms with van der Waals surface area (Å²) in [5.74, 6) is -2.40. The van der Waals surface area contributed by atoms with Crippen LogP contribution in [-0.4, -0.2) is 36.7 Å². The fourth-order valence-electron chi connectivity index (χ4n) is 3.98. The van der Waals surface area contributed by atoms with Crippen molar-refractivity contribution in [1.29, 1.82) is 0 Å². The smallest absolute Gasteiger partial charge is 0.267 e. The molecule has 0 heterocycles. The van der Waals surface area contributed by atoms with E-state index in [-0.39, 0.29) is 45.7 Å². The van der Waals surface area contributed by atoms with E-state index in [0.717, 1.165) is 0 Å². The van der Waals surface area contributed by atoms with Crippen molar-refractivity contribution >= 4 is 82.2 Å². The summed E-state index contributed by atoms with van der Waals surface area (Å²) in [6.45, 7) is -0.0334. The second-order valence-electron chi connectivity index (χ2n) is 9.60. The van der Waals surface area contributed by atoms with Crippen LogP contribution in [0.3, 0.4) is 0 Å². The molecule has 234 valence electrons. The fourth-order valence-corrected chi connectivity index (χ4v) is 4.68. The molecule has 0 saturated heterocycles. The van der Waals surface area contributed by atoms with E-state index < -0.39 is 23.6 Å². The number of hydrogen-bond donors (Lipinski definition) is 4. The van der Waals surface area contributed by atoms with Gasteiger partial charge < -0.3 is 21.3 Å². The Morgan fingerprint density at radius 3 is 1.20 bits per heavy atom. The maximum Gasteiger partial charge on any atom is 0.267 e. The number of halogens is 4. The zero-order valence-electron chi connectivity index (χ0n) is 24.0. The highest BCUT2D eigenvalue weighted by Gasteiger charge is 2.18. The van der Waals surface area contributed by atoms with E-state index in [0.29, 0.717) is 21.2 Å². The van der Waals surface area contributed by atoms with Gasteiger partial charge in [-0.3, -0.25) is 19.2 Å². The summed E-state index contributed by atoms with van der Waals surface area (Å²) in [6, 6.07) is 26.2. The molecule has 0 aliphatic carbocycles. The van der Waals surface area contributed by atoms with Gasteiger partial charge in [-0.25, -0.2) is 0 Å². The number of carbonyl (C=O) groups is 4. The third kappa shape index (κ3) is 9.95. The van der Waals surface area contributed by atoms with Gasteiger partial charge in [0.1, 0.15) is 11.4 Å². The van der Waals surface area contributed by atoms with Crippen LogP contribution >= 0.6 is 46.4 Å². The van der Waals surface area contributed by atoms with Crippen LogP contribution in [0.25, 0.3) is 12.2 Å². The average molecular weight is 696 g/mol. The van der Waals surface area contributed by atoms with Crippen LogP contribution in [0.5, 0.6) is 0 Å². The fraction of sp³-hybridized carbons (Fsp3) is 0.0588. The number of hydrogen-bond acceptors (Lipinski definition) is 4. The molecule has 0 atom stereocenters. The number of benzene rings is 4. The summed E-state index contributed by atoms with van der Waals surface area (Å²) >= 11 is 24.3. The molecule has 4 rings (SSSR count). The first-order valence-electron chi connectivity index (χ1n) is 13.7. The summed E-state index contributed by atoms with van der Waals surface area (Å²) in [5.41, 5.74) is 1.46. The SMILES string of the molecule is O=C(NCCNC(=O)/C(=C/c1ccc(Cl)cc1)NC(=O)c1ccccc1Cl)/C(=C/c1ccc(Cl)cc1)NC(=O)c1ccccc1Cl. The third-order valence-corrected chi connectivity index (χ3v) is 7.44. The van der Waals surface area contributed by atoms with E-state index in [4.69, 9.17) is 46.4 Å². The lowest BCUT2D eigenvalue weighted by atomic mass is 10.1. The molecule has 0 aromatic heterocycles. The van der Waals surface area contributed by atoms with Crippen molar-refractivity contribution in [2.45, 2.75) is 0 Å². The van der Waals surface area contributed by atoms with Crippen molar-refractivity contribution in [2.75, 3.05) is 13.1 Å². The van der Waals surface area contributed by atoms with Crippen molar-refractivity contribution in [3.05, 3.63) is 151 Å². The second-order valence-corrected chi connectivity index (χ2v) is 11.3. The van der Waals surface area contributed by atoms with Crippen molar-refractivity contribution in [2.24, 2.45) is 0 Å². The average Bonchev–Trinajstić information content (AvgIpc) is 3.04. The van der Waals surface area contributed by atoms with Crippen LogP contribution in [0.15, 0.2) is 108 Å². The molecule has 0 unspecified atom stereocenters. The van der Waals surface area contributed by atoms with Crippen LogP contribution in [0, 0.1) is 0 Å². The topological polar surface area (TPSA) is 116 Å². The number of carbonyl (C=O) groups excluding carboxylic acids is 4. The zero-order chi connectivity index (χ0) is 33.1. The van der Waals surface area contributed by atoms with Crippen molar-refractivity contribution < 1.29 is 19.2 Å². The Morgan fingerprint density at radius 2 is 0.848 bits per heavy atom. The molecule has 4 aromatic carbocycles. The predicted octanol–water partition coefficient (Wildman–Crippen LogP) is 6.77. The maximum atomic E-state index is 13.2. The van der Waals surface area contributed by atoms with E-state index in [1.807, 2.05) is 0 Å². The van der Waals surface area contributed by atoms with Gasteiger partial charge in [0, 0.05) is 23.1 Å². The molecule has 0 fully saturated rings. The van der Waals surface area contributed by atoms with Crippen LogP contribution in [-0.2, 0) is 9.59 Å². The second kappa shape index (κ2) is 16.6. The van der Waals surface area contributed by atoms with E-state index in [2.05, 4.69) is 21.3 Å². The van der Waals surface area contributed by atoms with Gasteiger partial charge in [0.25, 0.3) is 23.6 Å². The summed E-state index contributed by atoms with van der Waals surface area (Å²) in [4.78, 5) is 52.3. The molecular formula is C34H26Cl4N4O4. The molecule has 8 nitrogen and oxygen atoms in total. The van der Waals surface area contributed by atoms with Crippen molar-refractivity contribution in [1.82, 2.24) is 21.3 Å². The molecule has 0 radical (unpaired) electrons. The first-order valence-corrected chi connectivity index (χ1v) is 15.2. The Bertz CT molecular complexity index is 1670. The lowest BCUT2D eigenvalue weighted by Crippen LogP contribution is -2.41. The van der Waals surface area contributed by atoms with Gasteiger partial charge in [-0.05, 0) is 71.8 Å². The van der Waals surface area contributed by atoms with E-state index in [9.17, 15) is 19.2 Å². The largest absolute Gasteiger partial charge is 0.349 e. The zero-order valence-corrected chi connectivity index (χ0v) is 27.0. The molecule has 0 spiro atoms. The molecule has 0 bridgehead atoms. The molecule has 0 saturated carbocycles. The molecule has 4 N–H and O–H groups in total. The number of amides is 4. The summed E-state index contributed by atoms with van der Waals surface area (Å²) in [5, 5.41) is 12.0. The van der Waals surface area contributed by atoms with Crippen molar-refractivity contribution in [3.63, 3.8) is 0 Å². The first kappa shape index (κ1) is 34.3. The van der Waals surface area contributed by atoms with Crippen LogP contribution in [0.4, 0.5) is 0 Å². The standard InChI is InChI=1S/C34H26Cl4N4O4/c35-23-13-9-21(10-14-23)19-29(41-31(43)25-5-1-3-7-27(25)37)33(45)39-17-18-40-34(46)30(20-22-11-15-24(36)16-12-22)42-32(44)26-6-2-4-8-28(26)38/h1-16,19-20H,17-18H2,(H,39,45)(H,40,46)(H,41,43)(H,42,44)/b29-19-,30-20-. The molecule has 0 aliphatic rings. The van der Waals surface area contributed by atoms with E-state index in [1.54, 1.807) is 84.9 Å². The summed E-state index contributed by atoms with van der Waals surface area (Å²) in [6.07, 6.45) is 2.96. The predicted molar refractivity (Wildman–Crippen MR) is 183 cm³/mol. The Hall–Kier alpha value is -4.60. The molecule has 4 amide bonds. The van der Waals surface area contributed by atoms with Gasteiger partial charge in [-0.15, -0.1) is 0 Å². The van der Waals surface area contributed by atoms with Gasteiger partial charge in [-0.2, -0.15) is 0 Å². The van der Waals surface area contributed by atoms with Crippen LogP contribution in [0.2, 0.25) is 20.1 Å². The normalized spacial score (nSPS) is 11.4. The summed E-state index contributed by atoms with van der Waals surface area (Å²) in [7, 11) is 0. The number of nitrogens with one attached hydrogen (secondary N) is 4. The maximum absolute atomic E-state index is 13.2. The van der Waals surface area contributed by atoms with Crippen molar-refractivity contribution in [3.8, 4) is 0 Å². The van der Waals surface area contributed by atoms with Gasteiger partial charge in [0.05, 0.1) is 21.2 Å². The highest BCUT2D eigenvalue weighted by molar-refractivity contribution is 6.34. The Morgan fingerprint density at radius 1 is 0.500 bits per heavy atom. The van der Waals surface area contributed by atoms with Crippen LogP contribution < -0.4 is 21.3 Å². The minimum Gasteiger partial charge on any atom is -0.349 e. The lowest BCUT2D eigenvalue weighted by Gasteiger charge is -2.14. The van der Waals surface area contributed by atoms with Gasteiger partial charge >= 0.3 is 0 Å². The minimum absolute atomic E-state index is 0.0167. The van der Waals surface area contributed by atoms with Gasteiger partial charge in [0.15, 0.2) is 0 Å². The molecule has 46 heavy (non-hydrogen) atoms. The Kier molecular flexibility index (Phi) is 12.4. The van der Waals surface area contributed by atoms with Gasteiger partial charge in [-0.1, -0.05) is 94.9 Å². The lowest BCUT2D eigenvalue weighted by molar-refractivity contribution is -0.119. The molecule has 12 heteroatoms. The summed E-state index contributed by atoms with van der Waals surface area (Å²) < 4.78 is 0.